The Morgan fingerprint density at radius 3 is 2.47 bits per heavy atom. The van der Waals surface area contributed by atoms with Crippen molar-refractivity contribution in [2.75, 3.05) is 5.43 Å². The van der Waals surface area contributed by atoms with Crippen LogP contribution in [-0.4, -0.2) is 15.6 Å². The van der Waals surface area contributed by atoms with Gasteiger partial charge in [-0.1, -0.05) is 42.8 Å². The summed E-state index contributed by atoms with van der Waals surface area (Å²) in [5.41, 5.74) is 7.09. The van der Waals surface area contributed by atoms with Crippen molar-refractivity contribution >= 4 is 22.8 Å². The van der Waals surface area contributed by atoms with Crippen molar-refractivity contribution in [1.82, 2.24) is 0 Å². The number of nitrogens with one attached hydrogen (secondary N) is 1. The van der Waals surface area contributed by atoms with E-state index in [1.54, 1.807) is 0 Å². The van der Waals surface area contributed by atoms with Gasteiger partial charge in [-0.15, -0.1) is 0 Å². The molecule has 1 unspecified atom stereocenters. The van der Waals surface area contributed by atoms with Crippen LogP contribution in [0.25, 0.3) is 0 Å². The quantitative estimate of drug-likeness (QED) is 0.520. The molecule has 0 spiro atoms. The third-order valence-electron chi connectivity index (χ3n) is 6.21. The van der Waals surface area contributed by atoms with Crippen molar-refractivity contribution in [2.24, 2.45) is 5.10 Å². The number of anilines is 1. The smallest absolute Gasteiger partial charge is 0.271 e. The second kappa shape index (κ2) is 7.70. The molecule has 2 aliphatic carbocycles. The fourth-order valence-electron chi connectivity index (χ4n) is 4.65. The Morgan fingerprint density at radius 1 is 1.00 bits per heavy atom. The number of hydrazone groups is 1. The first-order valence-corrected chi connectivity index (χ1v) is 9.94. The Kier molecular flexibility index (Phi) is 5.07. The Labute approximate surface area is 173 Å². The maximum absolute atomic E-state index is 11.3. The molecule has 1 N–H and O–H groups in total. The average molecular weight is 406 g/mol. The highest BCUT2D eigenvalue weighted by atomic mass is 16.6. The van der Waals surface area contributed by atoms with Crippen LogP contribution < -0.4 is 5.43 Å². The molecule has 8 heteroatoms. The number of hydrogen-bond acceptors (Lipinski definition) is 6. The van der Waals surface area contributed by atoms with Crippen molar-refractivity contribution in [1.29, 1.82) is 0 Å². The largest absolute Gasteiger partial charge is 0.301 e. The molecular weight excluding hydrogens is 384 g/mol. The molecule has 0 fully saturated rings. The summed E-state index contributed by atoms with van der Waals surface area (Å²) in [4.78, 5) is 21.0. The van der Waals surface area contributed by atoms with Crippen molar-refractivity contribution in [3.63, 3.8) is 0 Å². The maximum atomic E-state index is 11.3. The van der Waals surface area contributed by atoms with Gasteiger partial charge in [-0.2, -0.15) is 5.10 Å². The predicted octanol–water partition coefficient (Wildman–Crippen LogP) is 5.50. The van der Waals surface area contributed by atoms with Gasteiger partial charge < -0.3 is 0 Å². The zero-order valence-electron chi connectivity index (χ0n) is 16.6. The van der Waals surface area contributed by atoms with Crippen molar-refractivity contribution in [3.8, 4) is 0 Å². The molecule has 0 saturated heterocycles. The highest BCUT2D eigenvalue weighted by Crippen LogP contribution is 2.48. The van der Waals surface area contributed by atoms with Gasteiger partial charge in [0, 0.05) is 11.5 Å². The normalized spacial score (nSPS) is 22.1. The topological polar surface area (TPSA) is 111 Å². The summed E-state index contributed by atoms with van der Waals surface area (Å²) in [6.07, 6.45) is 4.79. The van der Waals surface area contributed by atoms with Gasteiger partial charge in [-0.25, -0.2) is 0 Å². The van der Waals surface area contributed by atoms with Crippen LogP contribution >= 0.6 is 0 Å². The van der Waals surface area contributed by atoms with E-state index in [1.807, 2.05) is 6.07 Å². The number of nitro groups is 2. The fourth-order valence-corrected chi connectivity index (χ4v) is 4.65. The monoisotopic (exact) mass is 406 g/mol. The number of non-ortho nitro benzene ring substituents is 1. The van der Waals surface area contributed by atoms with E-state index in [2.05, 4.69) is 41.7 Å². The summed E-state index contributed by atoms with van der Waals surface area (Å²) in [5, 5.41) is 26.8. The highest BCUT2D eigenvalue weighted by molar-refractivity contribution is 6.04. The van der Waals surface area contributed by atoms with Gasteiger partial charge in [0.05, 0.1) is 21.6 Å². The number of nitrogens with zero attached hydrogens (tertiary/aromatic N) is 3. The van der Waals surface area contributed by atoms with Crippen LogP contribution in [0.1, 0.15) is 44.6 Å². The molecule has 1 atom stereocenters. The second-order valence-corrected chi connectivity index (χ2v) is 7.89. The fraction of sp³-hybridized carbons (Fsp3) is 0.318. The first kappa shape index (κ1) is 19.8. The molecule has 0 heterocycles. The zero-order chi connectivity index (χ0) is 21.3. The Morgan fingerprint density at radius 2 is 1.77 bits per heavy atom. The molecule has 2 aromatic rings. The molecule has 0 saturated carbocycles. The minimum absolute atomic E-state index is 0.0224. The number of rotatable bonds is 5. The summed E-state index contributed by atoms with van der Waals surface area (Å²) in [5.74, 6) is 0. The van der Waals surface area contributed by atoms with Gasteiger partial charge in [0.2, 0.25) is 0 Å². The zero-order valence-corrected chi connectivity index (χ0v) is 16.6. The number of nitro benzene ring substituents is 2. The first-order valence-electron chi connectivity index (χ1n) is 9.94. The lowest BCUT2D eigenvalue weighted by Gasteiger charge is -2.36. The second-order valence-electron chi connectivity index (χ2n) is 7.89. The van der Waals surface area contributed by atoms with Gasteiger partial charge >= 0.3 is 5.69 Å². The lowest BCUT2D eigenvalue weighted by molar-refractivity contribution is -0.393. The molecule has 154 valence electrons. The molecule has 0 aromatic heterocycles. The van der Waals surface area contributed by atoms with E-state index in [-0.39, 0.29) is 22.5 Å². The number of allylic oxidation sites excluding steroid dienone is 2. The Balaban J connectivity index is 1.65. The van der Waals surface area contributed by atoms with Crippen molar-refractivity contribution in [3.05, 3.63) is 85.5 Å². The summed E-state index contributed by atoms with van der Waals surface area (Å²) in [6, 6.07) is 14.0. The van der Waals surface area contributed by atoms with Gasteiger partial charge in [-0.3, -0.25) is 25.7 Å². The summed E-state index contributed by atoms with van der Waals surface area (Å²) in [7, 11) is 0. The molecule has 0 bridgehead atoms. The molecule has 0 radical (unpaired) electrons. The van der Waals surface area contributed by atoms with Gasteiger partial charge in [-0.05, 0) is 49.3 Å². The molecule has 2 aliphatic rings. The van der Waals surface area contributed by atoms with E-state index in [4.69, 9.17) is 0 Å². The Bertz CT molecular complexity index is 1080. The third-order valence-corrected chi connectivity index (χ3v) is 6.21. The van der Waals surface area contributed by atoms with E-state index in [0.717, 1.165) is 43.9 Å². The van der Waals surface area contributed by atoms with E-state index < -0.39 is 9.85 Å². The summed E-state index contributed by atoms with van der Waals surface area (Å²) < 4.78 is 0. The van der Waals surface area contributed by atoms with Crippen LogP contribution in [0.15, 0.2) is 64.8 Å². The van der Waals surface area contributed by atoms with Gasteiger partial charge in [0.25, 0.3) is 5.69 Å². The predicted molar refractivity (Wildman–Crippen MR) is 115 cm³/mol. The molecule has 4 rings (SSSR count). The van der Waals surface area contributed by atoms with Crippen LogP contribution in [-0.2, 0) is 5.41 Å². The van der Waals surface area contributed by atoms with E-state index in [0.29, 0.717) is 0 Å². The van der Waals surface area contributed by atoms with Gasteiger partial charge in [0.15, 0.2) is 0 Å². The lowest BCUT2D eigenvalue weighted by Crippen LogP contribution is -2.28. The number of benzene rings is 2. The number of hydrogen-bond donors (Lipinski definition) is 1. The highest BCUT2D eigenvalue weighted by Gasteiger charge is 2.39. The van der Waals surface area contributed by atoms with Crippen LogP contribution in [0.5, 0.6) is 0 Å². The van der Waals surface area contributed by atoms with Gasteiger partial charge in [0.1, 0.15) is 5.69 Å². The van der Waals surface area contributed by atoms with Crippen LogP contribution in [0.2, 0.25) is 0 Å². The lowest BCUT2D eigenvalue weighted by atomic mass is 9.67. The van der Waals surface area contributed by atoms with Crippen LogP contribution in [0, 0.1) is 20.2 Å². The Hall–Kier alpha value is -3.55. The average Bonchev–Trinajstić information content (AvgIpc) is 3.17. The molecule has 0 amide bonds. The first-order chi connectivity index (χ1) is 14.4. The minimum atomic E-state index is -0.650. The molecule has 30 heavy (non-hydrogen) atoms. The van der Waals surface area contributed by atoms with E-state index in [1.165, 1.54) is 28.8 Å². The standard InChI is InChI=1S/C22H22N4O4/c1-22(15-6-3-2-4-7-15)13-5-8-17-18(22)10-12-19(17)23-24-20-11-9-16(25(27)28)14-21(20)26(29)30/h2-4,6-7,9,11,14,24H,5,8,10,12-13H2,1H3/b23-19-. The summed E-state index contributed by atoms with van der Waals surface area (Å²) >= 11 is 0. The molecule has 0 aliphatic heterocycles. The van der Waals surface area contributed by atoms with Crippen LogP contribution in [0.4, 0.5) is 17.1 Å². The third kappa shape index (κ3) is 3.45. The molecule has 2 aromatic carbocycles. The van der Waals surface area contributed by atoms with Crippen molar-refractivity contribution in [2.45, 2.75) is 44.4 Å². The van der Waals surface area contributed by atoms with Crippen molar-refractivity contribution < 1.29 is 9.85 Å². The molecule has 8 nitrogen and oxygen atoms in total. The minimum Gasteiger partial charge on any atom is -0.271 e. The van der Waals surface area contributed by atoms with E-state index in [9.17, 15) is 20.2 Å². The van der Waals surface area contributed by atoms with Crippen LogP contribution in [0.3, 0.4) is 0 Å². The molecular formula is C22H22N4O4. The van der Waals surface area contributed by atoms with E-state index >= 15 is 0 Å². The maximum Gasteiger partial charge on any atom is 0.301 e. The summed E-state index contributed by atoms with van der Waals surface area (Å²) in [6.45, 7) is 2.29. The SMILES string of the molecule is CC1(c2ccccc2)CCCC2=C1CC/C2=N/Nc1ccc([N+](=O)[O-])cc1[N+](=O)[O-].